The molecule has 0 saturated heterocycles. The minimum Gasteiger partial charge on any atom is -0.481 e. The van der Waals surface area contributed by atoms with Crippen molar-refractivity contribution >= 4 is 18.2 Å². The minimum absolute atomic E-state index is 0.0965. The van der Waals surface area contributed by atoms with Crippen LogP contribution in [0.3, 0.4) is 0 Å². The van der Waals surface area contributed by atoms with Gasteiger partial charge in [-0.1, -0.05) is 55.5 Å². The van der Waals surface area contributed by atoms with Crippen molar-refractivity contribution in [2.75, 3.05) is 6.61 Å². The average molecular weight is 483 g/mol. The lowest BCUT2D eigenvalue weighted by molar-refractivity contribution is -0.138. The SMILES string of the molecule is CCC(NC(=O)OC(C)(C)C)C(C)(CC(=O)O)NC(=O)OCC1c2ccccc2-c2ccccc21. The van der Waals surface area contributed by atoms with Gasteiger partial charge in [0.15, 0.2) is 0 Å². The molecule has 2 amide bonds. The van der Waals surface area contributed by atoms with Crippen molar-refractivity contribution in [3.8, 4) is 11.1 Å². The number of benzene rings is 2. The molecule has 0 radical (unpaired) electrons. The quantitative estimate of drug-likeness (QED) is 0.485. The third-order valence-corrected chi connectivity index (χ3v) is 6.12. The van der Waals surface area contributed by atoms with Crippen molar-refractivity contribution in [3.63, 3.8) is 0 Å². The molecule has 2 atom stereocenters. The van der Waals surface area contributed by atoms with Gasteiger partial charge in [-0.3, -0.25) is 4.79 Å². The molecule has 188 valence electrons. The molecule has 3 N–H and O–H groups in total. The molecular weight excluding hydrogens is 448 g/mol. The average Bonchev–Trinajstić information content (AvgIpc) is 3.08. The molecule has 8 heteroatoms. The maximum atomic E-state index is 12.9. The molecule has 3 rings (SSSR count). The summed E-state index contributed by atoms with van der Waals surface area (Å²) in [6, 6.07) is 15.3. The van der Waals surface area contributed by atoms with E-state index in [1.807, 2.05) is 48.5 Å². The monoisotopic (exact) mass is 482 g/mol. The van der Waals surface area contributed by atoms with Crippen LogP contribution in [0.4, 0.5) is 9.59 Å². The predicted molar refractivity (Wildman–Crippen MR) is 132 cm³/mol. The van der Waals surface area contributed by atoms with Crippen LogP contribution in [0.25, 0.3) is 11.1 Å². The molecule has 0 spiro atoms. The second kappa shape index (κ2) is 10.4. The fourth-order valence-electron chi connectivity index (χ4n) is 4.60. The lowest BCUT2D eigenvalue weighted by Crippen LogP contribution is -2.61. The molecule has 8 nitrogen and oxygen atoms in total. The van der Waals surface area contributed by atoms with Gasteiger partial charge in [0.05, 0.1) is 18.0 Å². The fraction of sp³-hybridized carbons (Fsp3) is 0.444. The van der Waals surface area contributed by atoms with E-state index in [0.717, 1.165) is 22.3 Å². The molecule has 2 unspecified atom stereocenters. The second-order valence-corrected chi connectivity index (χ2v) is 10.0. The highest BCUT2D eigenvalue weighted by atomic mass is 16.6. The van der Waals surface area contributed by atoms with Crippen LogP contribution in [-0.4, -0.2) is 47.1 Å². The first-order valence-electron chi connectivity index (χ1n) is 11.8. The standard InChI is InChI=1S/C27H34N2O6/c1-6-22(28-24(32)35-26(2,3)4)27(5,15-23(30)31)29-25(33)34-16-21-19-13-9-7-11-17(19)18-12-8-10-14-20(18)21/h7-14,21-22H,6,15-16H2,1-5H3,(H,28,32)(H,29,33)(H,30,31). The molecule has 0 fully saturated rings. The van der Waals surface area contributed by atoms with Crippen LogP contribution in [0.2, 0.25) is 0 Å². The minimum atomic E-state index is -1.31. The number of aliphatic carboxylic acids is 1. The zero-order valence-corrected chi connectivity index (χ0v) is 20.9. The van der Waals surface area contributed by atoms with Gasteiger partial charge in [-0.15, -0.1) is 0 Å². The van der Waals surface area contributed by atoms with Crippen LogP contribution >= 0.6 is 0 Å². The van der Waals surface area contributed by atoms with E-state index in [0.29, 0.717) is 6.42 Å². The van der Waals surface area contributed by atoms with Gasteiger partial charge < -0.3 is 25.2 Å². The van der Waals surface area contributed by atoms with Gasteiger partial charge in [0.2, 0.25) is 0 Å². The van der Waals surface area contributed by atoms with Crippen molar-refractivity contribution in [2.45, 2.75) is 70.6 Å². The van der Waals surface area contributed by atoms with Gasteiger partial charge >= 0.3 is 18.2 Å². The molecule has 0 saturated carbocycles. The number of rotatable bonds is 8. The molecule has 0 bridgehead atoms. The first-order chi connectivity index (χ1) is 16.4. The molecule has 0 aliphatic heterocycles. The lowest BCUT2D eigenvalue weighted by Gasteiger charge is -2.37. The molecule has 2 aromatic carbocycles. The molecule has 1 aliphatic carbocycles. The Morgan fingerprint density at radius 2 is 1.49 bits per heavy atom. The van der Waals surface area contributed by atoms with E-state index >= 15 is 0 Å². The zero-order chi connectivity index (χ0) is 25.8. The van der Waals surface area contributed by atoms with Crippen molar-refractivity contribution in [1.29, 1.82) is 0 Å². The Balaban J connectivity index is 1.73. The maximum absolute atomic E-state index is 12.9. The molecule has 0 aromatic heterocycles. The van der Waals surface area contributed by atoms with Crippen LogP contribution in [0.5, 0.6) is 0 Å². The van der Waals surface area contributed by atoms with Gasteiger partial charge in [0, 0.05) is 5.92 Å². The van der Waals surface area contributed by atoms with Gasteiger partial charge in [-0.25, -0.2) is 9.59 Å². The van der Waals surface area contributed by atoms with Crippen LogP contribution in [0.1, 0.15) is 64.5 Å². The van der Waals surface area contributed by atoms with E-state index in [1.165, 1.54) is 0 Å². The summed E-state index contributed by atoms with van der Waals surface area (Å²) in [6.07, 6.45) is -1.48. The number of carboxylic acid groups (broad SMARTS) is 1. The van der Waals surface area contributed by atoms with Gasteiger partial charge in [0.25, 0.3) is 0 Å². The van der Waals surface area contributed by atoms with Crippen LogP contribution in [-0.2, 0) is 14.3 Å². The summed E-state index contributed by atoms with van der Waals surface area (Å²) < 4.78 is 10.9. The highest BCUT2D eigenvalue weighted by Crippen LogP contribution is 2.44. The zero-order valence-electron chi connectivity index (χ0n) is 20.9. The Morgan fingerprint density at radius 1 is 0.943 bits per heavy atom. The van der Waals surface area contributed by atoms with E-state index in [2.05, 4.69) is 10.6 Å². The molecular formula is C27H34N2O6. The molecule has 0 heterocycles. The van der Waals surface area contributed by atoms with E-state index in [4.69, 9.17) is 9.47 Å². The Labute approximate surface area is 206 Å². The number of ether oxygens (including phenoxy) is 2. The number of hydrogen-bond acceptors (Lipinski definition) is 5. The third kappa shape index (κ3) is 6.32. The number of alkyl carbamates (subject to hydrolysis) is 2. The highest BCUT2D eigenvalue weighted by molar-refractivity contribution is 5.79. The second-order valence-electron chi connectivity index (χ2n) is 10.0. The van der Waals surface area contributed by atoms with E-state index < -0.39 is 41.8 Å². The van der Waals surface area contributed by atoms with Crippen LogP contribution in [0, 0.1) is 0 Å². The topological polar surface area (TPSA) is 114 Å². The fourth-order valence-corrected chi connectivity index (χ4v) is 4.60. The Hall–Kier alpha value is -3.55. The predicted octanol–water partition coefficient (Wildman–Crippen LogP) is 5.06. The van der Waals surface area contributed by atoms with Gasteiger partial charge in [-0.2, -0.15) is 0 Å². The first-order valence-corrected chi connectivity index (χ1v) is 11.8. The van der Waals surface area contributed by atoms with Gasteiger partial charge in [0.1, 0.15) is 12.2 Å². The highest BCUT2D eigenvalue weighted by Gasteiger charge is 2.39. The number of carboxylic acids is 1. The van der Waals surface area contributed by atoms with Crippen molar-refractivity contribution < 1.29 is 29.0 Å². The molecule has 1 aliphatic rings. The third-order valence-electron chi connectivity index (χ3n) is 6.12. The number of amides is 2. The molecule has 2 aromatic rings. The van der Waals surface area contributed by atoms with E-state index in [9.17, 15) is 19.5 Å². The number of nitrogens with one attached hydrogen (secondary N) is 2. The smallest absolute Gasteiger partial charge is 0.407 e. The largest absolute Gasteiger partial charge is 0.481 e. The summed E-state index contributed by atoms with van der Waals surface area (Å²) in [5, 5.41) is 14.9. The summed E-state index contributed by atoms with van der Waals surface area (Å²) in [7, 11) is 0. The summed E-state index contributed by atoms with van der Waals surface area (Å²) in [6.45, 7) is 8.67. The summed E-state index contributed by atoms with van der Waals surface area (Å²) in [4.78, 5) is 36.9. The summed E-state index contributed by atoms with van der Waals surface area (Å²) >= 11 is 0. The number of fused-ring (bicyclic) bond motifs is 3. The van der Waals surface area contributed by atoms with Crippen molar-refractivity contribution in [2.24, 2.45) is 0 Å². The van der Waals surface area contributed by atoms with E-state index in [1.54, 1.807) is 34.6 Å². The number of carbonyl (C=O) groups is 3. The Morgan fingerprint density at radius 3 is 1.97 bits per heavy atom. The maximum Gasteiger partial charge on any atom is 0.407 e. The number of carbonyl (C=O) groups excluding carboxylic acids is 2. The van der Waals surface area contributed by atoms with Crippen molar-refractivity contribution in [1.82, 2.24) is 10.6 Å². The Kier molecular flexibility index (Phi) is 7.73. The first kappa shape index (κ1) is 26.1. The lowest BCUT2D eigenvalue weighted by atomic mass is 9.87. The summed E-state index contributed by atoms with van der Waals surface area (Å²) in [5.41, 5.74) is 2.35. The summed E-state index contributed by atoms with van der Waals surface area (Å²) in [5.74, 6) is -1.24. The van der Waals surface area contributed by atoms with Gasteiger partial charge in [-0.05, 0) is 56.4 Å². The van der Waals surface area contributed by atoms with Crippen molar-refractivity contribution in [3.05, 3.63) is 59.7 Å². The normalized spacial score (nSPS) is 15.2. The number of hydrogen-bond donors (Lipinski definition) is 3. The van der Waals surface area contributed by atoms with Crippen LogP contribution < -0.4 is 10.6 Å². The Bertz CT molecular complexity index is 1050. The molecule has 35 heavy (non-hydrogen) atoms. The van der Waals surface area contributed by atoms with Crippen LogP contribution in [0.15, 0.2) is 48.5 Å². The van der Waals surface area contributed by atoms with E-state index in [-0.39, 0.29) is 12.5 Å².